The number of rotatable bonds is 4. The standard InChI is InChI=1S/C15H11ClN8OS/c16-11-5-8(1-2-18-11)21-14(25)10-7-20-13-9(6-12(17)23-24(10)13)22-15-19-3-4-26-15/h1-7H,(H2,17,23)(H,19,22)(H,18,21,25). The number of pyridine rings is 1. The second-order valence-corrected chi connectivity index (χ2v) is 6.43. The molecule has 26 heavy (non-hydrogen) atoms. The summed E-state index contributed by atoms with van der Waals surface area (Å²) in [5.41, 5.74) is 7.66. The summed E-state index contributed by atoms with van der Waals surface area (Å²) in [6.07, 6.45) is 4.60. The van der Waals surface area contributed by atoms with Gasteiger partial charge in [-0.1, -0.05) is 11.6 Å². The van der Waals surface area contributed by atoms with Gasteiger partial charge < -0.3 is 16.4 Å². The number of nitrogens with zero attached hydrogens (tertiary/aromatic N) is 5. The van der Waals surface area contributed by atoms with Crippen LogP contribution in [0.25, 0.3) is 5.65 Å². The van der Waals surface area contributed by atoms with Crippen LogP contribution in [0.1, 0.15) is 10.5 Å². The lowest BCUT2D eigenvalue weighted by molar-refractivity contribution is 0.102. The Kier molecular flexibility index (Phi) is 4.11. The average molecular weight is 387 g/mol. The minimum absolute atomic E-state index is 0.224. The average Bonchev–Trinajstić information content (AvgIpc) is 3.24. The monoisotopic (exact) mass is 386 g/mol. The minimum Gasteiger partial charge on any atom is -0.382 e. The molecule has 11 heteroatoms. The van der Waals surface area contributed by atoms with E-state index in [0.717, 1.165) is 0 Å². The number of imidazole rings is 1. The van der Waals surface area contributed by atoms with Gasteiger partial charge in [-0.05, 0) is 12.1 Å². The maximum Gasteiger partial charge on any atom is 0.276 e. The van der Waals surface area contributed by atoms with Crippen LogP contribution in [-0.2, 0) is 0 Å². The number of carbonyl (C=O) groups is 1. The Morgan fingerprint density at radius 3 is 2.88 bits per heavy atom. The lowest BCUT2D eigenvalue weighted by Crippen LogP contribution is -2.16. The van der Waals surface area contributed by atoms with Crippen LogP contribution in [0, 0.1) is 0 Å². The van der Waals surface area contributed by atoms with Gasteiger partial charge in [0, 0.05) is 29.5 Å². The molecule has 0 saturated heterocycles. The van der Waals surface area contributed by atoms with Crippen LogP contribution in [0.3, 0.4) is 0 Å². The highest BCUT2D eigenvalue weighted by molar-refractivity contribution is 7.13. The number of amides is 1. The van der Waals surface area contributed by atoms with E-state index in [0.29, 0.717) is 22.2 Å². The summed E-state index contributed by atoms with van der Waals surface area (Å²) in [5.74, 6) is -0.173. The molecule has 0 atom stereocenters. The summed E-state index contributed by atoms with van der Waals surface area (Å²) < 4.78 is 1.38. The van der Waals surface area contributed by atoms with E-state index in [1.165, 1.54) is 28.2 Å². The van der Waals surface area contributed by atoms with Crippen LogP contribution in [0.2, 0.25) is 5.15 Å². The fourth-order valence-corrected chi connectivity index (χ4v) is 3.03. The van der Waals surface area contributed by atoms with E-state index >= 15 is 0 Å². The second kappa shape index (κ2) is 6.58. The number of fused-ring (bicyclic) bond motifs is 1. The molecule has 0 spiro atoms. The molecule has 130 valence electrons. The summed E-state index contributed by atoms with van der Waals surface area (Å²) in [6, 6.07) is 4.80. The van der Waals surface area contributed by atoms with E-state index in [1.807, 2.05) is 5.38 Å². The van der Waals surface area contributed by atoms with E-state index < -0.39 is 5.91 Å². The van der Waals surface area contributed by atoms with Crippen molar-refractivity contribution in [2.75, 3.05) is 16.4 Å². The lowest BCUT2D eigenvalue weighted by Gasteiger charge is -2.08. The molecule has 9 nitrogen and oxygen atoms in total. The lowest BCUT2D eigenvalue weighted by atomic mass is 10.3. The van der Waals surface area contributed by atoms with Crippen molar-refractivity contribution in [3.05, 3.63) is 53.0 Å². The van der Waals surface area contributed by atoms with Gasteiger partial charge in [-0.15, -0.1) is 16.4 Å². The Balaban J connectivity index is 1.70. The molecule has 4 N–H and O–H groups in total. The number of nitrogens with one attached hydrogen (secondary N) is 2. The first-order valence-electron chi connectivity index (χ1n) is 7.34. The molecule has 4 heterocycles. The highest BCUT2D eigenvalue weighted by Crippen LogP contribution is 2.24. The Labute approximate surface area is 155 Å². The Morgan fingerprint density at radius 2 is 2.12 bits per heavy atom. The van der Waals surface area contributed by atoms with E-state index in [2.05, 4.69) is 30.7 Å². The van der Waals surface area contributed by atoms with Gasteiger partial charge >= 0.3 is 0 Å². The molecular weight excluding hydrogens is 376 g/mol. The number of nitrogen functional groups attached to an aromatic ring is 1. The maximum atomic E-state index is 12.6. The number of carbonyl (C=O) groups excluding carboxylic acids is 1. The van der Waals surface area contributed by atoms with Gasteiger partial charge in [0.1, 0.15) is 11.0 Å². The van der Waals surface area contributed by atoms with E-state index in [1.54, 1.807) is 24.4 Å². The van der Waals surface area contributed by atoms with Crippen molar-refractivity contribution in [3.8, 4) is 0 Å². The Bertz CT molecular complexity index is 1090. The normalized spacial score (nSPS) is 10.8. The van der Waals surface area contributed by atoms with Gasteiger partial charge in [0.2, 0.25) is 0 Å². The topological polar surface area (TPSA) is 123 Å². The van der Waals surface area contributed by atoms with Gasteiger partial charge in [-0.2, -0.15) is 0 Å². The first-order valence-corrected chi connectivity index (χ1v) is 8.59. The van der Waals surface area contributed by atoms with Crippen molar-refractivity contribution in [2.24, 2.45) is 0 Å². The minimum atomic E-state index is -0.405. The van der Waals surface area contributed by atoms with Crippen molar-refractivity contribution in [1.29, 1.82) is 0 Å². The predicted molar refractivity (Wildman–Crippen MR) is 100.0 cm³/mol. The van der Waals surface area contributed by atoms with Crippen molar-refractivity contribution in [2.45, 2.75) is 0 Å². The molecule has 0 aliphatic rings. The zero-order chi connectivity index (χ0) is 18.1. The second-order valence-electron chi connectivity index (χ2n) is 5.15. The fraction of sp³-hybridized carbons (Fsp3) is 0. The van der Waals surface area contributed by atoms with Gasteiger partial charge in [-0.25, -0.2) is 19.5 Å². The van der Waals surface area contributed by atoms with Crippen LogP contribution in [-0.4, -0.2) is 30.5 Å². The number of hydrogen-bond donors (Lipinski definition) is 3. The first kappa shape index (κ1) is 16.2. The summed E-state index contributed by atoms with van der Waals surface area (Å²) in [6.45, 7) is 0. The van der Waals surface area contributed by atoms with Crippen LogP contribution in [0.4, 0.5) is 22.3 Å². The highest BCUT2D eigenvalue weighted by atomic mass is 35.5. The Hall–Kier alpha value is -3.24. The number of nitrogens with two attached hydrogens (primary N) is 1. The number of aromatic nitrogens is 5. The van der Waals surface area contributed by atoms with Crippen LogP contribution in [0.5, 0.6) is 0 Å². The molecule has 0 fully saturated rings. The zero-order valence-electron chi connectivity index (χ0n) is 13.0. The summed E-state index contributed by atoms with van der Waals surface area (Å²) in [5, 5.41) is 12.8. The molecule has 4 aromatic heterocycles. The number of thiazole rings is 1. The van der Waals surface area contributed by atoms with Crippen molar-refractivity contribution < 1.29 is 4.79 Å². The van der Waals surface area contributed by atoms with Crippen LogP contribution < -0.4 is 16.4 Å². The summed E-state index contributed by atoms with van der Waals surface area (Å²) in [4.78, 5) is 24.9. The van der Waals surface area contributed by atoms with E-state index in [9.17, 15) is 4.79 Å². The largest absolute Gasteiger partial charge is 0.382 e. The molecule has 4 rings (SSSR count). The van der Waals surface area contributed by atoms with Crippen LogP contribution >= 0.6 is 22.9 Å². The molecule has 4 aromatic rings. The quantitative estimate of drug-likeness (QED) is 0.461. The first-order chi connectivity index (χ1) is 12.6. The van der Waals surface area contributed by atoms with Crippen molar-refractivity contribution in [1.82, 2.24) is 24.6 Å². The zero-order valence-corrected chi connectivity index (χ0v) is 14.6. The summed E-state index contributed by atoms with van der Waals surface area (Å²) >= 11 is 7.27. The molecule has 0 aliphatic heterocycles. The van der Waals surface area contributed by atoms with E-state index in [4.69, 9.17) is 17.3 Å². The third-order valence-electron chi connectivity index (χ3n) is 3.38. The van der Waals surface area contributed by atoms with Gasteiger partial charge in [0.25, 0.3) is 5.91 Å². The number of anilines is 4. The number of halogens is 1. The summed E-state index contributed by atoms with van der Waals surface area (Å²) in [7, 11) is 0. The van der Waals surface area contributed by atoms with Gasteiger partial charge in [-0.3, -0.25) is 4.79 Å². The predicted octanol–water partition coefficient (Wildman–Crippen LogP) is 2.81. The molecular formula is C15H11ClN8OS. The maximum absolute atomic E-state index is 12.6. The molecule has 0 unspecified atom stereocenters. The third kappa shape index (κ3) is 3.15. The molecule has 0 aliphatic carbocycles. The number of hydrogen-bond acceptors (Lipinski definition) is 8. The Morgan fingerprint density at radius 1 is 1.23 bits per heavy atom. The van der Waals surface area contributed by atoms with Crippen molar-refractivity contribution >= 4 is 56.8 Å². The molecule has 1 amide bonds. The van der Waals surface area contributed by atoms with Gasteiger partial charge in [0.05, 0.1) is 11.9 Å². The molecule has 0 radical (unpaired) electrons. The van der Waals surface area contributed by atoms with E-state index in [-0.39, 0.29) is 16.7 Å². The smallest absolute Gasteiger partial charge is 0.276 e. The molecule has 0 aromatic carbocycles. The fourth-order valence-electron chi connectivity index (χ4n) is 2.31. The third-order valence-corrected chi connectivity index (χ3v) is 4.27. The van der Waals surface area contributed by atoms with Crippen molar-refractivity contribution in [3.63, 3.8) is 0 Å². The molecule has 0 bridgehead atoms. The molecule has 0 saturated carbocycles. The SMILES string of the molecule is Nc1cc(Nc2nccs2)c2ncc(C(=O)Nc3ccnc(Cl)c3)n2n1. The van der Waals surface area contributed by atoms with Crippen LogP contribution in [0.15, 0.2) is 42.2 Å². The van der Waals surface area contributed by atoms with Gasteiger partial charge in [0.15, 0.2) is 16.5 Å². The highest BCUT2D eigenvalue weighted by Gasteiger charge is 2.17.